The molecule has 0 bridgehead atoms. The monoisotopic (exact) mass is 234 g/mol. The topological polar surface area (TPSA) is 102 Å². The van der Waals surface area contributed by atoms with Crippen molar-refractivity contribution < 1.29 is 4.79 Å². The summed E-state index contributed by atoms with van der Waals surface area (Å²) < 4.78 is 1.48. The van der Waals surface area contributed by atoms with Crippen LogP contribution in [-0.4, -0.2) is 25.7 Å². The third-order valence-electron chi connectivity index (χ3n) is 2.44. The number of rotatable bonds is 3. The number of H-pyrrole nitrogens is 1. The van der Waals surface area contributed by atoms with Gasteiger partial charge >= 0.3 is 0 Å². The second kappa shape index (κ2) is 4.28. The molecule has 0 aromatic carbocycles. The Morgan fingerprint density at radius 3 is 2.94 bits per heavy atom. The fraction of sp³-hybridized carbons (Fsp3) is 0.300. The van der Waals surface area contributed by atoms with Crippen LogP contribution in [0.25, 0.3) is 0 Å². The number of aromatic nitrogens is 4. The van der Waals surface area contributed by atoms with Crippen LogP contribution in [0.1, 0.15) is 23.1 Å². The van der Waals surface area contributed by atoms with Crippen molar-refractivity contribution in [1.82, 2.24) is 19.7 Å². The van der Waals surface area contributed by atoms with E-state index in [0.717, 1.165) is 5.69 Å². The number of amides is 1. The molecule has 7 heteroatoms. The lowest BCUT2D eigenvalue weighted by atomic mass is 10.2. The zero-order chi connectivity index (χ0) is 12.4. The van der Waals surface area contributed by atoms with Crippen molar-refractivity contribution >= 4 is 17.5 Å². The highest BCUT2D eigenvalue weighted by molar-refractivity contribution is 6.05. The Hall–Kier alpha value is -2.31. The van der Waals surface area contributed by atoms with Gasteiger partial charge in [0.15, 0.2) is 0 Å². The summed E-state index contributed by atoms with van der Waals surface area (Å²) in [7, 11) is 1.69. The van der Waals surface area contributed by atoms with Crippen molar-refractivity contribution in [3.05, 3.63) is 23.8 Å². The van der Waals surface area contributed by atoms with E-state index in [0.29, 0.717) is 23.8 Å². The third-order valence-corrected chi connectivity index (χ3v) is 2.44. The molecule has 0 atom stereocenters. The normalized spacial score (nSPS) is 10.5. The summed E-state index contributed by atoms with van der Waals surface area (Å²) in [5.74, 6) is 0.0563. The third kappa shape index (κ3) is 1.99. The molecule has 4 N–H and O–H groups in total. The van der Waals surface area contributed by atoms with E-state index >= 15 is 0 Å². The molecule has 0 radical (unpaired) electrons. The molecule has 2 aromatic heterocycles. The summed E-state index contributed by atoms with van der Waals surface area (Å²) in [6, 6.07) is 0. The van der Waals surface area contributed by atoms with E-state index in [1.165, 1.54) is 4.68 Å². The van der Waals surface area contributed by atoms with Gasteiger partial charge < -0.3 is 10.7 Å². The molecular formula is C10H14N6O. The molecule has 90 valence electrons. The lowest BCUT2D eigenvalue weighted by Crippen LogP contribution is -2.18. The first-order valence-corrected chi connectivity index (χ1v) is 5.25. The molecule has 2 rings (SSSR count). The summed E-state index contributed by atoms with van der Waals surface area (Å²) in [5, 5.41) is 6.79. The van der Waals surface area contributed by atoms with Gasteiger partial charge in [0.1, 0.15) is 5.69 Å². The molecule has 0 aliphatic rings. The first-order valence-electron chi connectivity index (χ1n) is 5.25. The van der Waals surface area contributed by atoms with Crippen molar-refractivity contribution in [3.63, 3.8) is 0 Å². The predicted molar refractivity (Wildman–Crippen MR) is 63.5 cm³/mol. The second-order valence-corrected chi connectivity index (χ2v) is 3.58. The van der Waals surface area contributed by atoms with Gasteiger partial charge in [-0.15, -0.1) is 0 Å². The van der Waals surface area contributed by atoms with Gasteiger partial charge in [0.25, 0.3) is 5.91 Å². The Kier molecular flexibility index (Phi) is 2.82. The molecule has 0 spiro atoms. The molecule has 0 saturated carbocycles. The van der Waals surface area contributed by atoms with E-state index < -0.39 is 0 Å². The van der Waals surface area contributed by atoms with E-state index in [1.807, 2.05) is 6.92 Å². The van der Waals surface area contributed by atoms with Crippen LogP contribution in [0.3, 0.4) is 0 Å². The van der Waals surface area contributed by atoms with Gasteiger partial charge in [0, 0.05) is 19.4 Å². The van der Waals surface area contributed by atoms with Crippen molar-refractivity contribution in [1.29, 1.82) is 0 Å². The summed E-state index contributed by atoms with van der Waals surface area (Å²) >= 11 is 0. The summed E-state index contributed by atoms with van der Waals surface area (Å²) in [6.07, 6.45) is 3.87. The summed E-state index contributed by atoms with van der Waals surface area (Å²) in [6.45, 7) is 1.94. The minimum Gasteiger partial charge on any atom is -0.395 e. The average molecular weight is 234 g/mol. The maximum absolute atomic E-state index is 12.0. The molecule has 0 unspecified atom stereocenters. The van der Waals surface area contributed by atoms with Crippen LogP contribution in [0.15, 0.2) is 12.4 Å². The van der Waals surface area contributed by atoms with Gasteiger partial charge in [0.05, 0.1) is 11.4 Å². The number of anilines is 2. The highest BCUT2D eigenvalue weighted by atomic mass is 16.2. The predicted octanol–water partition coefficient (Wildman–Crippen LogP) is 0.540. The molecule has 2 aromatic rings. The van der Waals surface area contributed by atoms with E-state index in [4.69, 9.17) is 5.73 Å². The van der Waals surface area contributed by atoms with Crippen LogP contribution in [0.4, 0.5) is 11.6 Å². The number of nitrogens with zero attached hydrogens (tertiary/aromatic N) is 3. The van der Waals surface area contributed by atoms with Crippen LogP contribution in [0, 0.1) is 0 Å². The van der Waals surface area contributed by atoms with Crippen molar-refractivity contribution in [3.8, 4) is 0 Å². The average Bonchev–Trinajstić information content (AvgIpc) is 2.87. The number of imidazole rings is 1. The van der Waals surface area contributed by atoms with Gasteiger partial charge in [-0.1, -0.05) is 6.92 Å². The van der Waals surface area contributed by atoms with Crippen LogP contribution in [0.5, 0.6) is 0 Å². The van der Waals surface area contributed by atoms with E-state index in [9.17, 15) is 4.79 Å². The van der Waals surface area contributed by atoms with Crippen LogP contribution in [-0.2, 0) is 13.5 Å². The Balaban J connectivity index is 2.28. The lowest BCUT2D eigenvalue weighted by molar-refractivity contribution is 0.101. The molecule has 2 heterocycles. The molecular weight excluding hydrogens is 220 g/mol. The SMILES string of the molecule is CCc1nn(C)c(C(=O)Nc2ncc[nH]2)c1N. The molecule has 0 fully saturated rings. The number of carbonyl (C=O) groups is 1. The highest BCUT2D eigenvalue weighted by Crippen LogP contribution is 2.17. The minimum atomic E-state index is -0.327. The number of aromatic amines is 1. The Morgan fingerprint density at radius 2 is 2.41 bits per heavy atom. The van der Waals surface area contributed by atoms with Crippen molar-refractivity contribution in [2.24, 2.45) is 7.05 Å². The van der Waals surface area contributed by atoms with Gasteiger partial charge in [-0.3, -0.25) is 14.8 Å². The fourth-order valence-electron chi connectivity index (χ4n) is 1.63. The molecule has 0 saturated heterocycles. The lowest BCUT2D eigenvalue weighted by Gasteiger charge is -2.03. The Morgan fingerprint density at radius 1 is 1.65 bits per heavy atom. The van der Waals surface area contributed by atoms with Crippen molar-refractivity contribution in [2.45, 2.75) is 13.3 Å². The maximum Gasteiger partial charge on any atom is 0.278 e. The summed E-state index contributed by atoms with van der Waals surface area (Å²) in [4.78, 5) is 18.7. The van der Waals surface area contributed by atoms with Gasteiger partial charge in [-0.2, -0.15) is 5.10 Å². The molecule has 1 amide bonds. The van der Waals surface area contributed by atoms with Gasteiger partial charge in [0.2, 0.25) is 5.95 Å². The number of nitrogens with two attached hydrogens (primary N) is 1. The van der Waals surface area contributed by atoms with E-state index in [-0.39, 0.29) is 5.91 Å². The largest absolute Gasteiger partial charge is 0.395 e. The number of hydrogen-bond donors (Lipinski definition) is 3. The smallest absolute Gasteiger partial charge is 0.278 e. The standard InChI is InChI=1S/C10H14N6O/c1-3-6-7(11)8(16(2)15-6)9(17)14-10-12-4-5-13-10/h4-5H,3,11H2,1-2H3,(H2,12,13,14,17). The Labute approximate surface area is 98.0 Å². The zero-order valence-corrected chi connectivity index (χ0v) is 9.69. The summed E-state index contributed by atoms with van der Waals surface area (Å²) in [5.41, 5.74) is 7.35. The second-order valence-electron chi connectivity index (χ2n) is 3.58. The number of nitrogen functional groups attached to an aromatic ring is 1. The van der Waals surface area contributed by atoms with Gasteiger partial charge in [-0.05, 0) is 6.42 Å². The molecule has 0 aliphatic heterocycles. The highest BCUT2D eigenvalue weighted by Gasteiger charge is 2.19. The van der Waals surface area contributed by atoms with Crippen molar-refractivity contribution in [2.75, 3.05) is 11.1 Å². The minimum absolute atomic E-state index is 0.327. The molecule has 17 heavy (non-hydrogen) atoms. The van der Waals surface area contributed by atoms with Gasteiger partial charge in [-0.25, -0.2) is 4.98 Å². The van der Waals surface area contributed by atoms with Crippen LogP contribution >= 0.6 is 0 Å². The number of aryl methyl sites for hydroxylation is 2. The van der Waals surface area contributed by atoms with E-state index in [2.05, 4.69) is 20.4 Å². The Bertz CT molecular complexity index is 527. The first kappa shape index (κ1) is 11.2. The fourth-order valence-corrected chi connectivity index (χ4v) is 1.63. The number of carbonyl (C=O) groups excluding carboxylic acids is 1. The number of hydrogen-bond acceptors (Lipinski definition) is 4. The maximum atomic E-state index is 12.0. The first-order chi connectivity index (χ1) is 8.13. The zero-order valence-electron chi connectivity index (χ0n) is 9.69. The molecule has 7 nitrogen and oxygen atoms in total. The number of nitrogens with one attached hydrogen (secondary N) is 2. The quantitative estimate of drug-likeness (QED) is 0.721. The van der Waals surface area contributed by atoms with Crippen LogP contribution in [0.2, 0.25) is 0 Å². The molecule has 0 aliphatic carbocycles. The van der Waals surface area contributed by atoms with E-state index in [1.54, 1.807) is 19.4 Å². The van der Waals surface area contributed by atoms with Crippen LogP contribution < -0.4 is 11.1 Å².